The molecule has 2 N–H and O–H groups in total. The van der Waals surface area contributed by atoms with Crippen molar-refractivity contribution in [1.82, 2.24) is 15.1 Å². The van der Waals surface area contributed by atoms with Crippen molar-refractivity contribution in [2.45, 2.75) is 18.9 Å². The van der Waals surface area contributed by atoms with Gasteiger partial charge in [0, 0.05) is 31.9 Å². The number of anilines is 1. The monoisotopic (exact) mass is 180 g/mol. The Bertz CT molecular complexity index is 262. The molecule has 1 fully saturated rings. The van der Waals surface area contributed by atoms with Crippen molar-refractivity contribution in [2.24, 2.45) is 7.05 Å². The van der Waals surface area contributed by atoms with E-state index in [0.717, 1.165) is 18.9 Å². The van der Waals surface area contributed by atoms with E-state index in [1.54, 1.807) is 0 Å². The lowest BCUT2D eigenvalue weighted by Crippen LogP contribution is -2.29. The first-order valence-corrected chi connectivity index (χ1v) is 4.81. The first-order chi connectivity index (χ1) is 6.34. The van der Waals surface area contributed by atoms with Gasteiger partial charge in [-0.05, 0) is 19.4 Å². The van der Waals surface area contributed by atoms with E-state index < -0.39 is 0 Å². The van der Waals surface area contributed by atoms with Gasteiger partial charge in [-0.1, -0.05) is 0 Å². The van der Waals surface area contributed by atoms with Crippen LogP contribution in [0.5, 0.6) is 0 Å². The smallest absolute Gasteiger partial charge is 0.148 e. The van der Waals surface area contributed by atoms with E-state index in [4.69, 9.17) is 0 Å². The molecule has 1 aliphatic heterocycles. The normalized spacial score (nSPS) is 22.1. The summed E-state index contributed by atoms with van der Waals surface area (Å²) in [5, 5.41) is 11.0. The Balaban J connectivity index is 1.78. The largest absolute Gasteiger partial charge is 0.367 e. The van der Waals surface area contributed by atoms with E-state index in [-0.39, 0.29) is 0 Å². The molecule has 1 atom stereocenters. The molecule has 0 aromatic carbocycles. The van der Waals surface area contributed by atoms with Gasteiger partial charge >= 0.3 is 0 Å². The third-order valence-electron chi connectivity index (χ3n) is 2.41. The average Bonchev–Trinajstić information content (AvgIpc) is 2.71. The maximum atomic E-state index is 4.25. The van der Waals surface area contributed by atoms with Crippen molar-refractivity contribution in [3.63, 3.8) is 0 Å². The van der Waals surface area contributed by atoms with Crippen molar-refractivity contribution >= 4 is 5.82 Å². The Labute approximate surface area is 78.3 Å². The number of aryl methyl sites for hydroxylation is 1. The second-order valence-corrected chi connectivity index (χ2v) is 3.55. The van der Waals surface area contributed by atoms with E-state index >= 15 is 0 Å². The molecule has 0 radical (unpaired) electrons. The van der Waals surface area contributed by atoms with Crippen LogP contribution in [-0.4, -0.2) is 28.9 Å². The highest BCUT2D eigenvalue weighted by molar-refractivity contribution is 5.32. The van der Waals surface area contributed by atoms with Gasteiger partial charge in [0.15, 0.2) is 0 Å². The van der Waals surface area contributed by atoms with Crippen LogP contribution in [0.3, 0.4) is 0 Å². The fourth-order valence-corrected chi connectivity index (χ4v) is 1.67. The zero-order valence-electron chi connectivity index (χ0n) is 7.95. The Morgan fingerprint density at radius 3 is 3.31 bits per heavy atom. The van der Waals surface area contributed by atoms with Crippen LogP contribution in [0.1, 0.15) is 12.8 Å². The molecular formula is C9H16N4. The van der Waals surface area contributed by atoms with Crippen molar-refractivity contribution in [2.75, 3.05) is 18.4 Å². The second-order valence-electron chi connectivity index (χ2n) is 3.55. The lowest BCUT2D eigenvalue weighted by Gasteiger charge is -2.10. The van der Waals surface area contributed by atoms with Crippen molar-refractivity contribution in [3.05, 3.63) is 12.3 Å². The highest BCUT2D eigenvalue weighted by atomic mass is 15.3. The standard InChI is InChI=1S/C9H16N4/c1-13-6-4-9(12-13)11-7-8-3-2-5-10-8/h4,6,8,10H,2-3,5,7H2,1H3,(H,11,12). The summed E-state index contributed by atoms with van der Waals surface area (Å²) in [6.45, 7) is 2.14. The van der Waals surface area contributed by atoms with Crippen LogP contribution in [0, 0.1) is 0 Å². The molecule has 72 valence electrons. The molecule has 0 aliphatic carbocycles. The Morgan fingerprint density at radius 1 is 1.77 bits per heavy atom. The minimum Gasteiger partial charge on any atom is -0.367 e. The number of rotatable bonds is 3. The number of aromatic nitrogens is 2. The summed E-state index contributed by atoms with van der Waals surface area (Å²) in [4.78, 5) is 0. The van der Waals surface area contributed by atoms with Gasteiger partial charge in [0.1, 0.15) is 5.82 Å². The van der Waals surface area contributed by atoms with Crippen LogP contribution >= 0.6 is 0 Å². The number of hydrogen-bond acceptors (Lipinski definition) is 3. The predicted octanol–water partition coefficient (Wildman–Crippen LogP) is 0.584. The fourth-order valence-electron chi connectivity index (χ4n) is 1.67. The summed E-state index contributed by atoms with van der Waals surface area (Å²) < 4.78 is 1.81. The maximum Gasteiger partial charge on any atom is 0.148 e. The number of hydrogen-bond donors (Lipinski definition) is 2. The summed E-state index contributed by atoms with van der Waals surface area (Å²) in [5.74, 6) is 0.969. The Hall–Kier alpha value is -1.03. The molecule has 0 saturated carbocycles. The van der Waals surface area contributed by atoms with Crippen LogP contribution < -0.4 is 10.6 Å². The molecule has 4 nitrogen and oxygen atoms in total. The van der Waals surface area contributed by atoms with Crippen molar-refractivity contribution < 1.29 is 0 Å². The van der Waals surface area contributed by atoms with Gasteiger partial charge in [0.05, 0.1) is 0 Å². The molecule has 4 heteroatoms. The maximum absolute atomic E-state index is 4.25. The van der Waals surface area contributed by atoms with E-state index in [9.17, 15) is 0 Å². The molecule has 1 aliphatic rings. The molecule has 1 unspecified atom stereocenters. The first kappa shape index (κ1) is 8.56. The quantitative estimate of drug-likeness (QED) is 0.715. The molecule has 1 aromatic heterocycles. The topological polar surface area (TPSA) is 41.9 Å². The second kappa shape index (κ2) is 3.79. The minimum atomic E-state index is 0.627. The summed E-state index contributed by atoms with van der Waals surface area (Å²) in [6.07, 6.45) is 4.53. The number of nitrogens with one attached hydrogen (secondary N) is 2. The highest BCUT2D eigenvalue weighted by Gasteiger charge is 2.13. The van der Waals surface area contributed by atoms with Crippen molar-refractivity contribution in [1.29, 1.82) is 0 Å². The van der Waals surface area contributed by atoms with Gasteiger partial charge in [-0.25, -0.2) is 0 Å². The van der Waals surface area contributed by atoms with Gasteiger partial charge in [0.2, 0.25) is 0 Å². The van der Waals surface area contributed by atoms with E-state index in [1.807, 2.05) is 24.0 Å². The van der Waals surface area contributed by atoms with Crippen LogP contribution in [0.2, 0.25) is 0 Å². The Kier molecular flexibility index (Phi) is 2.49. The van der Waals surface area contributed by atoms with Gasteiger partial charge in [-0.15, -0.1) is 0 Å². The zero-order valence-corrected chi connectivity index (χ0v) is 7.95. The first-order valence-electron chi connectivity index (χ1n) is 4.81. The third-order valence-corrected chi connectivity index (χ3v) is 2.41. The van der Waals surface area contributed by atoms with Gasteiger partial charge < -0.3 is 10.6 Å². The molecule has 2 rings (SSSR count). The third kappa shape index (κ3) is 2.21. The average molecular weight is 180 g/mol. The van der Waals surface area contributed by atoms with Gasteiger partial charge in [-0.3, -0.25) is 4.68 Å². The minimum absolute atomic E-state index is 0.627. The summed E-state index contributed by atoms with van der Waals surface area (Å²) in [6, 6.07) is 2.62. The predicted molar refractivity (Wildman–Crippen MR) is 52.7 cm³/mol. The lowest BCUT2D eigenvalue weighted by atomic mass is 10.2. The van der Waals surface area contributed by atoms with E-state index in [1.165, 1.54) is 12.8 Å². The molecule has 1 saturated heterocycles. The molecule has 0 spiro atoms. The molecule has 13 heavy (non-hydrogen) atoms. The summed E-state index contributed by atoms with van der Waals surface area (Å²) in [5.41, 5.74) is 0. The van der Waals surface area contributed by atoms with Crippen LogP contribution in [0.25, 0.3) is 0 Å². The van der Waals surface area contributed by atoms with Crippen molar-refractivity contribution in [3.8, 4) is 0 Å². The number of nitrogens with zero attached hydrogens (tertiary/aromatic N) is 2. The molecule has 2 heterocycles. The molecule has 0 amide bonds. The lowest BCUT2D eigenvalue weighted by molar-refractivity contribution is 0.631. The van der Waals surface area contributed by atoms with Crippen LogP contribution in [-0.2, 0) is 7.05 Å². The SMILES string of the molecule is Cn1ccc(NCC2CCCN2)n1. The van der Waals surface area contributed by atoms with Gasteiger partial charge in [-0.2, -0.15) is 5.10 Å². The molecule has 1 aromatic rings. The molecule has 0 bridgehead atoms. The van der Waals surface area contributed by atoms with Crippen LogP contribution in [0.4, 0.5) is 5.82 Å². The fraction of sp³-hybridized carbons (Fsp3) is 0.667. The van der Waals surface area contributed by atoms with E-state index in [2.05, 4.69) is 15.7 Å². The highest BCUT2D eigenvalue weighted by Crippen LogP contribution is 2.06. The van der Waals surface area contributed by atoms with Crippen LogP contribution in [0.15, 0.2) is 12.3 Å². The van der Waals surface area contributed by atoms with E-state index in [0.29, 0.717) is 6.04 Å². The summed E-state index contributed by atoms with van der Waals surface area (Å²) >= 11 is 0. The van der Waals surface area contributed by atoms with Gasteiger partial charge in [0.25, 0.3) is 0 Å². The zero-order chi connectivity index (χ0) is 9.10. The Morgan fingerprint density at radius 2 is 2.69 bits per heavy atom. The molecular weight excluding hydrogens is 164 g/mol. The summed E-state index contributed by atoms with van der Waals surface area (Å²) in [7, 11) is 1.93.